The molecule has 1 aliphatic rings. The van der Waals surface area contributed by atoms with Gasteiger partial charge in [0.05, 0.1) is 0 Å². The minimum Gasteiger partial charge on any atom is -0.454 e. The number of amides is 1. The van der Waals surface area contributed by atoms with Gasteiger partial charge in [0, 0.05) is 18.5 Å². The second-order valence-electron chi connectivity index (χ2n) is 5.65. The molecule has 1 fully saturated rings. The highest BCUT2D eigenvalue weighted by Gasteiger charge is 2.20. The molecule has 3 rings (SSSR count). The lowest BCUT2D eigenvalue weighted by Crippen LogP contribution is -2.35. The zero-order valence-corrected chi connectivity index (χ0v) is 13.3. The van der Waals surface area contributed by atoms with Crippen molar-refractivity contribution in [2.24, 2.45) is 0 Å². The number of likely N-dealkylation sites (tertiary alicyclic amines) is 1. The molecule has 1 aliphatic heterocycles. The first-order valence-corrected chi connectivity index (χ1v) is 8.03. The third-order valence-corrected chi connectivity index (χ3v) is 3.84. The summed E-state index contributed by atoms with van der Waals surface area (Å²) < 4.78 is 10.6. The molecular formula is C17H19N3O4. The number of benzene rings is 1. The molecule has 1 amide bonds. The summed E-state index contributed by atoms with van der Waals surface area (Å²) in [5.74, 6) is 0.145. The molecule has 0 unspecified atom stereocenters. The van der Waals surface area contributed by atoms with Gasteiger partial charge in [0.1, 0.15) is 6.54 Å². The number of aromatic nitrogens is 2. The smallest absolute Gasteiger partial charge is 0.326 e. The fraction of sp³-hybridized carbons (Fsp3) is 0.412. The molecule has 1 aromatic heterocycles. The molecule has 2 heterocycles. The van der Waals surface area contributed by atoms with Gasteiger partial charge in [-0.3, -0.25) is 9.59 Å². The Morgan fingerprint density at radius 2 is 2.00 bits per heavy atom. The van der Waals surface area contributed by atoms with Crippen LogP contribution in [0.5, 0.6) is 0 Å². The molecule has 7 nitrogen and oxygen atoms in total. The van der Waals surface area contributed by atoms with Crippen molar-refractivity contribution in [2.45, 2.75) is 32.3 Å². The Hall–Kier alpha value is -2.70. The Morgan fingerprint density at radius 3 is 2.83 bits per heavy atom. The van der Waals surface area contributed by atoms with Crippen LogP contribution in [-0.2, 0) is 20.9 Å². The molecule has 0 atom stereocenters. The molecule has 0 aliphatic carbocycles. The van der Waals surface area contributed by atoms with E-state index in [9.17, 15) is 9.59 Å². The van der Waals surface area contributed by atoms with Crippen molar-refractivity contribution < 1.29 is 18.7 Å². The quantitative estimate of drug-likeness (QED) is 0.782. The average Bonchev–Trinajstić information content (AvgIpc) is 2.99. The van der Waals surface area contributed by atoms with E-state index in [2.05, 4.69) is 10.2 Å². The molecule has 1 aromatic carbocycles. The van der Waals surface area contributed by atoms with E-state index in [0.717, 1.165) is 24.8 Å². The molecular weight excluding hydrogens is 310 g/mol. The van der Waals surface area contributed by atoms with Crippen LogP contribution in [-0.4, -0.2) is 40.1 Å². The number of nitrogens with zero attached hydrogens (tertiary/aromatic N) is 3. The number of carbonyl (C=O) groups excluding carboxylic acids is 2. The Morgan fingerprint density at radius 1 is 1.17 bits per heavy atom. The van der Waals surface area contributed by atoms with Crippen LogP contribution in [0.2, 0.25) is 0 Å². The van der Waals surface area contributed by atoms with Gasteiger partial charge in [-0.15, -0.1) is 10.2 Å². The number of ether oxygens (including phenoxy) is 1. The summed E-state index contributed by atoms with van der Waals surface area (Å²) in [6.45, 7) is 0.478. The number of hydrogen-bond donors (Lipinski definition) is 0. The van der Waals surface area contributed by atoms with Gasteiger partial charge >= 0.3 is 5.97 Å². The highest BCUT2D eigenvalue weighted by Crippen LogP contribution is 2.17. The maximum atomic E-state index is 11.9. The van der Waals surface area contributed by atoms with E-state index in [1.165, 1.54) is 0 Å². The van der Waals surface area contributed by atoms with E-state index in [4.69, 9.17) is 9.15 Å². The fourth-order valence-corrected chi connectivity index (χ4v) is 2.56. The van der Waals surface area contributed by atoms with Crippen molar-refractivity contribution in [3.8, 4) is 11.5 Å². The summed E-state index contributed by atoms with van der Waals surface area (Å²) in [5.41, 5.74) is 0.803. The van der Waals surface area contributed by atoms with Gasteiger partial charge in [0.25, 0.3) is 5.89 Å². The normalized spacial score (nSPS) is 15.2. The summed E-state index contributed by atoms with van der Waals surface area (Å²) in [5, 5.41) is 7.80. The van der Waals surface area contributed by atoms with Crippen molar-refractivity contribution in [2.75, 3.05) is 13.1 Å². The molecule has 1 saturated heterocycles. The van der Waals surface area contributed by atoms with Crippen LogP contribution in [0.3, 0.4) is 0 Å². The van der Waals surface area contributed by atoms with Crippen molar-refractivity contribution in [3.63, 3.8) is 0 Å². The Kier molecular flexibility index (Phi) is 5.20. The van der Waals surface area contributed by atoms with Crippen molar-refractivity contribution in [3.05, 3.63) is 36.2 Å². The summed E-state index contributed by atoms with van der Waals surface area (Å²) >= 11 is 0. The molecule has 24 heavy (non-hydrogen) atoms. The molecule has 0 spiro atoms. The predicted molar refractivity (Wildman–Crippen MR) is 84.6 cm³/mol. The topological polar surface area (TPSA) is 85.5 Å². The van der Waals surface area contributed by atoms with Gasteiger partial charge in [0.2, 0.25) is 11.8 Å². The lowest BCUT2D eigenvalue weighted by Gasteiger charge is -2.18. The first kappa shape index (κ1) is 16.2. The number of hydrogen-bond acceptors (Lipinski definition) is 6. The van der Waals surface area contributed by atoms with Crippen LogP contribution in [0.1, 0.15) is 31.6 Å². The summed E-state index contributed by atoms with van der Waals surface area (Å²) in [6, 6.07) is 9.35. The van der Waals surface area contributed by atoms with Gasteiger partial charge in [-0.25, -0.2) is 0 Å². The number of carbonyl (C=O) groups is 2. The largest absolute Gasteiger partial charge is 0.454 e. The van der Waals surface area contributed by atoms with E-state index < -0.39 is 5.97 Å². The minimum absolute atomic E-state index is 0.00797. The Labute approximate surface area is 139 Å². The highest BCUT2D eigenvalue weighted by atomic mass is 16.5. The summed E-state index contributed by atoms with van der Waals surface area (Å²) in [6.07, 6.45) is 3.32. The van der Waals surface area contributed by atoms with Gasteiger partial charge in [-0.1, -0.05) is 24.6 Å². The van der Waals surface area contributed by atoms with Crippen LogP contribution < -0.4 is 0 Å². The Bertz CT molecular complexity index is 699. The van der Waals surface area contributed by atoms with Crippen molar-refractivity contribution >= 4 is 11.9 Å². The minimum atomic E-state index is -0.468. The first-order chi connectivity index (χ1) is 11.7. The van der Waals surface area contributed by atoms with Crippen LogP contribution in [0.4, 0.5) is 0 Å². The molecule has 0 saturated carbocycles. The van der Waals surface area contributed by atoms with Crippen LogP contribution in [0, 0.1) is 0 Å². The zero-order chi connectivity index (χ0) is 16.8. The molecule has 0 radical (unpaired) electrons. The van der Waals surface area contributed by atoms with Gasteiger partial charge < -0.3 is 14.1 Å². The van der Waals surface area contributed by atoms with Gasteiger partial charge in [-0.05, 0) is 25.0 Å². The molecule has 0 bridgehead atoms. The second kappa shape index (κ2) is 7.72. The van der Waals surface area contributed by atoms with Crippen molar-refractivity contribution in [1.82, 2.24) is 15.1 Å². The number of esters is 1. The van der Waals surface area contributed by atoms with Crippen LogP contribution in [0.25, 0.3) is 11.5 Å². The predicted octanol–water partition coefficient (Wildman–Crippen LogP) is 2.18. The molecule has 2 aromatic rings. The highest BCUT2D eigenvalue weighted by molar-refractivity contribution is 5.82. The monoisotopic (exact) mass is 329 g/mol. The number of rotatable bonds is 5. The molecule has 0 N–H and O–H groups in total. The Balaban J connectivity index is 1.51. The van der Waals surface area contributed by atoms with E-state index in [1.54, 1.807) is 4.90 Å². The average molecular weight is 329 g/mol. The maximum absolute atomic E-state index is 11.9. The second-order valence-corrected chi connectivity index (χ2v) is 5.65. The summed E-state index contributed by atoms with van der Waals surface area (Å²) in [4.78, 5) is 25.3. The zero-order valence-electron chi connectivity index (χ0n) is 13.3. The van der Waals surface area contributed by atoms with Crippen molar-refractivity contribution in [1.29, 1.82) is 0 Å². The lowest BCUT2D eigenvalue weighted by atomic mass is 10.2. The van der Waals surface area contributed by atoms with E-state index in [1.807, 2.05) is 30.3 Å². The molecule has 7 heteroatoms. The SMILES string of the molecule is O=C(CN1CCCCCC1=O)OCc1nnc(-c2ccccc2)o1. The third-order valence-electron chi connectivity index (χ3n) is 3.84. The summed E-state index contributed by atoms with van der Waals surface area (Å²) in [7, 11) is 0. The van der Waals surface area contributed by atoms with Crippen LogP contribution in [0.15, 0.2) is 34.7 Å². The third kappa shape index (κ3) is 4.18. The fourth-order valence-electron chi connectivity index (χ4n) is 2.56. The van der Waals surface area contributed by atoms with Gasteiger partial charge in [-0.2, -0.15) is 0 Å². The van der Waals surface area contributed by atoms with Gasteiger partial charge in [0.15, 0.2) is 6.61 Å². The van der Waals surface area contributed by atoms with E-state index >= 15 is 0 Å². The molecule has 126 valence electrons. The lowest BCUT2D eigenvalue weighted by molar-refractivity contribution is -0.150. The maximum Gasteiger partial charge on any atom is 0.326 e. The first-order valence-electron chi connectivity index (χ1n) is 8.03. The standard InChI is InChI=1S/C17H19N3O4/c21-15-9-5-2-6-10-20(15)11-16(22)23-12-14-18-19-17(24-14)13-7-3-1-4-8-13/h1,3-4,7-8H,2,5-6,9-12H2. The van der Waals surface area contributed by atoms with Crippen LogP contribution >= 0.6 is 0 Å². The van der Waals surface area contributed by atoms with E-state index in [-0.39, 0.29) is 24.9 Å². The van der Waals surface area contributed by atoms with E-state index in [0.29, 0.717) is 18.9 Å².